The van der Waals surface area contributed by atoms with Crippen LogP contribution in [-0.4, -0.2) is 31.6 Å². The highest BCUT2D eigenvalue weighted by Gasteiger charge is 2.22. The van der Waals surface area contributed by atoms with Gasteiger partial charge in [-0.3, -0.25) is 4.79 Å². The van der Waals surface area contributed by atoms with Gasteiger partial charge >= 0.3 is 5.97 Å². The van der Waals surface area contributed by atoms with Crippen molar-refractivity contribution in [3.8, 4) is 5.75 Å². The molecule has 5 nitrogen and oxygen atoms in total. The summed E-state index contributed by atoms with van der Waals surface area (Å²) in [4.78, 5) is 25.8. The molecule has 0 N–H and O–H groups in total. The zero-order valence-electron chi connectivity index (χ0n) is 15.0. The molecule has 132 valence electrons. The molecule has 0 bridgehead atoms. The fourth-order valence-electron chi connectivity index (χ4n) is 2.49. The van der Waals surface area contributed by atoms with Crippen LogP contribution in [0, 0.1) is 13.8 Å². The van der Waals surface area contributed by atoms with Gasteiger partial charge in [-0.25, -0.2) is 4.79 Å². The molecule has 0 aliphatic rings. The Morgan fingerprint density at radius 3 is 2.24 bits per heavy atom. The predicted molar refractivity (Wildman–Crippen MR) is 96.8 cm³/mol. The second-order valence-electron chi connectivity index (χ2n) is 5.98. The summed E-state index contributed by atoms with van der Waals surface area (Å²) in [5.74, 6) is -0.276. The van der Waals surface area contributed by atoms with Crippen LogP contribution in [0.3, 0.4) is 0 Å². The molecule has 2 rings (SSSR count). The van der Waals surface area contributed by atoms with Gasteiger partial charge in [0.1, 0.15) is 5.75 Å². The Hall–Kier alpha value is -2.82. The topological polar surface area (TPSA) is 55.8 Å². The maximum absolute atomic E-state index is 12.4. The molecule has 1 amide bonds. The second-order valence-corrected chi connectivity index (χ2v) is 5.98. The number of para-hydroxylation sites is 1. The van der Waals surface area contributed by atoms with Gasteiger partial charge in [-0.05, 0) is 56.2 Å². The molecule has 5 heteroatoms. The number of nitrogens with zero attached hydrogens (tertiary/aromatic N) is 1. The molecule has 0 saturated heterocycles. The number of benzene rings is 2. The summed E-state index contributed by atoms with van der Waals surface area (Å²) < 4.78 is 10.6. The molecular weight excluding hydrogens is 318 g/mol. The van der Waals surface area contributed by atoms with E-state index < -0.39 is 12.1 Å². The van der Waals surface area contributed by atoms with Gasteiger partial charge in [0.25, 0.3) is 5.91 Å². The predicted octanol–water partition coefficient (Wildman–Crippen LogP) is 3.28. The van der Waals surface area contributed by atoms with Crippen molar-refractivity contribution >= 4 is 17.6 Å². The lowest BCUT2D eigenvalue weighted by atomic mass is 10.1. The smallest absolute Gasteiger partial charge is 0.344 e. The average molecular weight is 341 g/mol. The van der Waals surface area contributed by atoms with Gasteiger partial charge in [-0.2, -0.15) is 0 Å². The van der Waals surface area contributed by atoms with E-state index in [1.54, 1.807) is 14.0 Å². The van der Waals surface area contributed by atoms with Gasteiger partial charge in [0.05, 0.1) is 0 Å². The van der Waals surface area contributed by atoms with Crippen LogP contribution in [-0.2, 0) is 14.3 Å². The minimum absolute atomic E-state index is 0.241. The molecule has 2 aromatic carbocycles. The summed E-state index contributed by atoms with van der Waals surface area (Å²) in [5.41, 5.74) is 2.84. The van der Waals surface area contributed by atoms with E-state index >= 15 is 0 Å². The quantitative estimate of drug-likeness (QED) is 0.757. The number of hydrogen-bond acceptors (Lipinski definition) is 4. The Balaban J connectivity index is 1.88. The van der Waals surface area contributed by atoms with Gasteiger partial charge in [0.2, 0.25) is 0 Å². The third-order valence-electron chi connectivity index (χ3n) is 3.68. The Bertz CT molecular complexity index is 722. The molecule has 0 aliphatic heterocycles. The van der Waals surface area contributed by atoms with Gasteiger partial charge < -0.3 is 14.4 Å². The first-order chi connectivity index (χ1) is 11.9. The molecule has 0 fully saturated rings. The Labute approximate surface area is 148 Å². The highest BCUT2D eigenvalue weighted by molar-refractivity contribution is 5.96. The van der Waals surface area contributed by atoms with Crippen molar-refractivity contribution in [2.75, 3.05) is 18.6 Å². The third kappa shape index (κ3) is 5.35. The molecule has 0 saturated carbocycles. The van der Waals surface area contributed by atoms with Crippen molar-refractivity contribution in [1.82, 2.24) is 0 Å². The van der Waals surface area contributed by atoms with Crippen LogP contribution in [0.4, 0.5) is 5.69 Å². The standard InChI is InChI=1S/C20H23NO4/c1-14-10-15(2)12-18(11-14)24-13-19(22)25-16(3)20(23)21(4)17-8-6-5-7-9-17/h5-12,16H,13H2,1-4H3. The number of carbonyl (C=O) groups is 2. The molecule has 25 heavy (non-hydrogen) atoms. The first-order valence-corrected chi connectivity index (χ1v) is 8.10. The molecule has 0 heterocycles. The molecular formula is C20H23NO4. The van der Waals surface area contributed by atoms with E-state index in [2.05, 4.69) is 0 Å². The summed E-state index contributed by atoms with van der Waals surface area (Å²) in [5, 5.41) is 0. The summed E-state index contributed by atoms with van der Waals surface area (Å²) in [6.45, 7) is 5.22. The Morgan fingerprint density at radius 1 is 1.04 bits per heavy atom. The highest BCUT2D eigenvalue weighted by atomic mass is 16.6. The number of aryl methyl sites for hydroxylation is 2. The number of ether oxygens (including phenoxy) is 2. The largest absolute Gasteiger partial charge is 0.482 e. The van der Waals surface area contributed by atoms with E-state index in [4.69, 9.17) is 9.47 Å². The van der Waals surface area contributed by atoms with Crippen LogP contribution in [0.5, 0.6) is 5.75 Å². The van der Waals surface area contributed by atoms with Gasteiger partial charge in [0.15, 0.2) is 12.7 Å². The fourth-order valence-corrected chi connectivity index (χ4v) is 2.49. The molecule has 0 radical (unpaired) electrons. The number of likely N-dealkylation sites (N-methyl/N-ethyl adjacent to an activating group) is 1. The molecule has 1 unspecified atom stereocenters. The van der Waals surface area contributed by atoms with Crippen LogP contribution in [0.15, 0.2) is 48.5 Å². The summed E-state index contributed by atoms with van der Waals surface area (Å²) in [6.07, 6.45) is -0.888. The van der Waals surface area contributed by atoms with E-state index in [0.29, 0.717) is 5.75 Å². The van der Waals surface area contributed by atoms with E-state index in [-0.39, 0.29) is 12.5 Å². The second kappa shape index (κ2) is 8.33. The van der Waals surface area contributed by atoms with Crippen molar-refractivity contribution in [3.63, 3.8) is 0 Å². The van der Waals surface area contributed by atoms with E-state index in [1.165, 1.54) is 4.90 Å². The summed E-state index contributed by atoms with van der Waals surface area (Å²) in [7, 11) is 1.65. The Kier molecular flexibility index (Phi) is 6.17. The van der Waals surface area contributed by atoms with E-state index in [1.807, 2.05) is 62.4 Å². The first kappa shape index (κ1) is 18.5. The number of carbonyl (C=O) groups excluding carboxylic acids is 2. The Morgan fingerprint density at radius 2 is 1.64 bits per heavy atom. The van der Waals surface area contributed by atoms with Crippen LogP contribution >= 0.6 is 0 Å². The van der Waals surface area contributed by atoms with Crippen molar-refractivity contribution in [3.05, 3.63) is 59.7 Å². The van der Waals surface area contributed by atoms with Crippen molar-refractivity contribution in [2.24, 2.45) is 0 Å². The monoisotopic (exact) mass is 341 g/mol. The molecule has 0 aliphatic carbocycles. The molecule has 0 spiro atoms. The maximum Gasteiger partial charge on any atom is 0.344 e. The summed E-state index contributed by atoms with van der Waals surface area (Å²) in [6, 6.07) is 14.9. The molecule has 2 aromatic rings. The lowest BCUT2D eigenvalue weighted by Gasteiger charge is -2.21. The lowest BCUT2D eigenvalue weighted by Crippen LogP contribution is -2.38. The number of esters is 1. The lowest BCUT2D eigenvalue weighted by molar-refractivity contribution is -0.155. The SMILES string of the molecule is Cc1cc(C)cc(OCC(=O)OC(C)C(=O)N(C)c2ccccc2)c1. The third-order valence-corrected chi connectivity index (χ3v) is 3.68. The van der Waals surface area contributed by atoms with Crippen molar-refractivity contribution in [2.45, 2.75) is 26.9 Å². The zero-order valence-corrected chi connectivity index (χ0v) is 15.0. The summed E-state index contributed by atoms with van der Waals surface area (Å²) >= 11 is 0. The van der Waals surface area contributed by atoms with Gasteiger partial charge in [-0.1, -0.05) is 24.3 Å². The van der Waals surface area contributed by atoms with Crippen molar-refractivity contribution in [1.29, 1.82) is 0 Å². The van der Waals surface area contributed by atoms with Gasteiger partial charge in [0, 0.05) is 12.7 Å². The van der Waals surface area contributed by atoms with Crippen LogP contribution in [0.25, 0.3) is 0 Å². The minimum atomic E-state index is -0.888. The number of hydrogen-bond donors (Lipinski definition) is 0. The first-order valence-electron chi connectivity index (χ1n) is 8.10. The zero-order chi connectivity index (χ0) is 18.4. The number of rotatable bonds is 6. The average Bonchev–Trinajstić information content (AvgIpc) is 2.58. The van der Waals surface area contributed by atoms with Crippen LogP contribution < -0.4 is 9.64 Å². The number of amides is 1. The van der Waals surface area contributed by atoms with Crippen LogP contribution in [0.2, 0.25) is 0 Å². The van der Waals surface area contributed by atoms with E-state index in [0.717, 1.165) is 16.8 Å². The number of anilines is 1. The maximum atomic E-state index is 12.4. The van der Waals surface area contributed by atoms with Crippen LogP contribution in [0.1, 0.15) is 18.1 Å². The molecule has 1 atom stereocenters. The van der Waals surface area contributed by atoms with Gasteiger partial charge in [-0.15, -0.1) is 0 Å². The van der Waals surface area contributed by atoms with E-state index in [9.17, 15) is 9.59 Å². The highest BCUT2D eigenvalue weighted by Crippen LogP contribution is 2.16. The minimum Gasteiger partial charge on any atom is -0.482 e. The van der Waals surface area contributed by atoms with Crippen molar-refractivity contribution < 1.29 is 19.1 Å². The molecule has 0 aromatic heterocycles. The fraction of sp³-hybridized carbons (Fsp3) is 0.300. The normalized spacial score (nSPS) is 11.5.